The lowest BCUT2D eigenvalue weighted by Crippen LogP contribution is -2.47. The summed E-state index contributed by atoms with van der Waals surface area (Å²) in [4.78, 5) is 19.9. The Kier molecular flexibility index (Phi) is 6.62. The largest absolute Gasteiger partial charge is 0.371 e. The molecular formula is C26H34N4O. The van der Waals surface area contributed by atoms with Gasteiger partial charge in [-0.2, -0.15) is 0 Å². The monoisotopic (exact) mass is 418 g/mol. The zero-order valence-corrected chi connectivity index (χ0v) is 18.8. The molecule has 0 bridgehead atoms. The first-order valence-electron chi connectivity index (χ1n) is 11.3. The number of hydrogen-bond donors (Lipinski definition) is 1. The molecule has 1 amide bonds. The first-order chi connectivity index (χ1) is 15.0. The third-order valence-electron chi connectivity index (χ3n) is 6.52. The molecule has 0 aliphatic carbocycles. The molecule has 2 heterocycles. The highest BCUT2D eigenvalue weighted by Gasteiger charge is 2.29. The van der Waals surface area contributed by atoms with Crippen molar-refractivity contribution in [1.29, 1.82) is 0 Å². The Labute approximate surface area is 186 Å². The van der Waals surface area contributed by atoms with Crippen LogP contribution in [-0.4, -0.2) is 61.5 Å². The molecule has 1 atom stereocenters. The maximum absolute atomic E-state index is 12.6. The fourth-order valence-corrected chi connectivity index (χ4v) is 4.64. The molecule has 5 nitrogen and oxygen atoms in total. The normalized spacial score (nSPS) is 19.5. The summed E-state index contributed by atoms with van der Waals surface area (Å²) in [5.74, 6) is 0.176. The molecular weight excluding hydrogens is 384 g/mol. The molecule has 31 heavy (non-hydrogen) atoms. The van der Waals surface area contributed by atoms with Crippen LogP contribution in [0.1, 0.15) is 17.5 Å². The van der Waals surface area contributed by atoms with Crippen molar-refractivity contribution in [2.45, 2.75) is 20.3 Å². The van der Waals surface area contributed by atoms with Gasteiger partial charge in [-0.25, -0.2) is 0 Å². The third-order valence-corrected chi connectivity index (χ3v) is 6.52. The number of benzene rings is 2. The highest BCUT2D eigenvalue weighted by molar-refractivity contribution is 5.92. The summed E-state index contributed by atoms with van der Waals surface area (Å²) in [6.45, 7) is 15.4. The van der Waals surface area contributed by atoms with E-state index in [1.54, 1.807) is 0 Å². The molecule has 2 aliphatic heterocycles. The van der Waals surface area contributed by atoms with Gasteiger partial charge in [0.25, 0.3) is 0 Å². The van der Waals surface area contributed by atoms with Crippen molar-refractivity contribution in [3.63, 3.8) is 0 Å². The number of aryl methyl sites for hydroxylation is 2. The fraction of sp³-hybridized carbons (Fsp3) is 0.423. The van der Waals surface area contributed by atoms with Crippen LogP contribution in [0.25, 0.3) is 0 Å². The number of para-hydroxylation sites is 1. The predicted octanol–water partition coefficient (Wildman–Crippen LogP) is 3.90. The van der Waals surface area contributed by atoms with Gasteiger partial charge in [-0.15, -0.1) is 0 Å². The van der Waals surface area contributed by atoms with Crippen LogP contribution in [0.4, 0.5) is 11.4 Å². The average molecular weight is 419 g/mol. The zero-order chi connectivity index (χ0) is 21.8. The molecule has 2 fully saturated rings. The van der Waals surface area contributed by atoms with Crippen molar-refractivity contribution in [1.82, 2.24) is 9.80 Å². The summed E-state index contributed by atoms with van der Waals surface area (Å²) < 4.78 is 0. The highest BCUT2D eigenvalue weighted by Crippen LogP contribution is 2.24. The predicted molar refractivity (Wildman–Crippen MR) is 128 cm³/mol. The van der Waals surface area contributed by atoms with Crippen LogP contribution < -0.4 is 10.2 Å². The molecule has 0 spiro atoms. The molecule has 0 aromatic heterocycles. The summed E-state index contributed by atoms with van der Waals surface area (Å²) >= 11 is 0. The van der Waals surface area contributed by atoms with E-state index in [4.69, 9.17) is 0 Å². The first-order valence-corrected chi connectivity index (χ1v) is 11.3. The minimum Gasteiger partial charge on any atom is -0.371 e. The van der Waals surface area contributed by atoms with E-state index >= 15 is 0 Å². The highest BCUT2D eigenvalue weighted by atomic mass is 16.1. The molecule has 2 aliphatic rings. The van der Waals surface area contributed by atoms with Gasteiger partial charge in [-0.3, -0.25) is 9.69 Å². The first kappa shape index (κ1) is 21.4. The Balaban J connectivity index is 1.24. The van der Waals surface area contributed by atoms with Gasteiger partial charge in [0.2, 0.25) is 5.91 Å². The second-order valence-corrected chi connectivity index (χ2v) is 8.91. The molecule has 0 saturated carbocycles. The standard InChI is InChI=1S/C26H34N4O/c1-20-9-10-21(2)25(17-20)30-15-13-29(14-16-30)22(3)18-28-12-11-23(19-28)26(31)27-24-7-5-4-6-8-24/h4-10,17,23H,3,11-16,18-19H2,1-2H3,(H,27,31). The van der Waals surface area contributed by atoms with E-state index in [-0.39, 0.29) is 11.8 Å². The second-order valence-electron chi connectivity index (χ2n) is 8.91. The number of amides is 1. The van der Waals surface area contributed by atoms with Gasteiger partial charge in [-0.05, 0) is 56.1 Å². The third kappa shape index (κ3) is 5.28. The van der Waals surface area contributed by atoms with Gasteiger partial charge in [0, 0.05) is 56.3 Å². The van der Waals surface area contributed by atoms with Crippen molar-refractivity contribution < 1.29 is 4.79 Å². The minimum absolute atomic E-state index is 0.0501. The van der Waals surface area contributed by atoms with Crippen molar-refractivity contribution in [3.8, 4) is 0 Å². The van der Waals surface area contributed by atoms with Crippen LogP contribution in [-0.2, 0) is 4.79 Å². The van der Waals surface area contributed by atoms with Gasteiger partial charge in [-0.1, -0.05) is 36.9 Å². The van der Waals surface area contributed by atoms with E-state index in [9.17, 15) is 4.79 Å². The molecule has 5 heteroatoms. The van der Waals surface area contributed by atoms with Crippen molar-refractivity contribution in [3.05, 3.63) is 71.9 Å². The van der Waals surface area contributed by atoms with Crippen LogP contribution in [0.15, 0.2) is 60.8 Å². The molecule has 1 unspecified atom stereocenters. The molecule has 2 saturated heterocycles. The topological polar surface area (TPSA) is 38.8 Å². The average Bonchev–Trinajstić information content (AvgIpc) is 3.25. The number of piperazine rings is 1. The quantitative estimate of drug-likeness (QED) is 0.772. The maximum Gasteiger partial charge on any atom is 0.228 e. The summed E-state index contributed by atoms with van der Waals surface area (Å²) in [5, 5.41) is 3.05. The van der Waals surface area contributed by atoms with E-state index in [0.29, 0.717) is 0 Å². The van der Waals surface area contributed by atoms with Gasteiger partial charge >= 0.3 is 0 Å². The summed E-state index contributed by atoms with van der Waals surface area (Å²) in [6.07, 6.45) is 0.909. The van der Waals surface area contributed by atoms with Crippen molar-refractivity contribution in [2.24, 2.45) is 5.92 Å². The SMILES string of the molecule is C=C(CN1CCC(C(=O)Nc2ccccc2)C1)N1CCN(c2cc(C)ccc2C)CC1. The van der Waals surface area contributed by atoms with E-state index in [1.807, 2.05) is 30.3 Å². The van der Waals surface area contributed by atoms with Crippen LogP contribution >= 0.6 is 0 Å². The van der Waals surface area contributed by atoms with E-state index < -0.39 is 0 Å². The lowest BCUT2D eigenvalue weighted by molar-refractivity contribution is -0.119. The Morgan fingerprint density at radius 1 is 1.03 bits per heavy atom. The molecule has 2 aromatic rings. The fourth-order valence-electron chi connectivity index (χ4n) is 4.64. The van der Waals surface area contributed by atoms with E-state index in [1.165, 1.54) is 22.5 Å². The van der Waals surface area contributed by atoms with E-state index in [0.717, 1.165) is 57.9 Å². The van der Waals surface area contributed by atoms with Gasteiger partial charge < -0.3 is 15.1 Å². The van der Waals surface area contributed by atoms with Crippen LogP contribution in [0.3, 0.4) is 0 Å². The van der Waals surface area contributed by atoms with Crippen LogP contribution in [0, 0.1) is 19.8 Å². The molecule has 2 aromatic carbocycles. The smallest absolute Gasteiger partial charge is 0.228 e. The number of carbonyl (C=O) groups is 1. The number of nitrogens with zero attached hydrogens (tertiary/aromatic N) is 3. The Hall–Kier alpha value is -2.79. The van der Waals surface area contributed by atoms with Crippen molar-refractivity contribution in [2.75, 3.05) is 56.0 Å². The van der Waals surface area contributed by atoms with Gasteiger partial charge in [0.15, 0.2) is 0 Å². The summed E-state index contributed by atoms with van der Waals surface area (Å²) in [7, 11) is 0. The van der Waals surface area contributed by atoms with Crippen LogP contribution in [0.2, 0.25) is 0 Å². The lowest BCUT2D eigenvalue weighted by Gasteiger charge is -2.39. The molecule has 4 rings (SSSR count). The van der Waals surface area contributed by atoms with E-state index in [2.05, 4.69) is 58.6 Å². The number of nitrogens with one attached hydrogen (secondary N) is 1. The van der Waals surface area contributed by atoms with Crippen molar-refractivity contribution >= 4 is 17.3 Å². The number of anilines is 2. The molecule has 0 radical (unpaired) electrons. The molecule has 164 valence electrons. The Bertz CT molecular complexity index is 918. The number of likely N-dealkylation sites (tertiary alicyclic amines) is 1. The number of rotatable bonds is 6. The second kappa shape index (κ2) is 9.56. The lowest BCUT2D eigenvalue weighted by atomic mass is 10.1. The van der Waals surface area contributed by atoms with Gasteiger partial charge in [0.1, 0.15) is 0 Å². The zero-order valence-electron chi connectivity index (χ0n) is 18.8. The number of carbonyl (C=O) groups excluding carboxylic acids is 1. The number of hydrogen-bond acceptors (Lipinski definition) is 4. The maximum atomic E-state index is 12.6. The minimum atomic E-state index is 0.0501. The Morgan fingerprint density at radius 3 is 2.52 bits per heavy atom. The van der Waals surface area contributed by atoms with Gasteiger partial charge in [0.05, 0.1) is 5.92 Å². The van der Waals surface area contributed by atoms with Crippen LogP contribution in [0.5, 0.6) is 0 Å². The summed E-state index contributed by atoms with van der Waals surface area (Å²) in [6, 6.07) is 16.4. The summed E-state index contributed by atoms with van der Waals surface area (Å²) in [5.41, 5.74) is 6.06. The Morgan fingerprint density at radius 2 is 1.77 bits per heavy atom. The molecule has 1 N–H and O–H groups in total.